The highest BCUT2D eigenvalue weighted by atomic mass is 79.9. The summed E-state index contributed by atoms with van der Waals surface area (Å²) in [7, 11) is 0. The molecule has 0 saturated heterocycles. The molecule has 0 aliphatic rings. The Bertz CT molecular complexity index is 29.5. The Morgan fingerprint density at radius 2 is 1.00 bits per heavy atom. The minimum atomic E-state index is 0. The second-order valence-electron chi connectivity index (χ2n) is 2.41. The van der Waals surface area contributed by atoms with E-state index in [9.17, 15) is 0 Å². The number of rotatable bonds is 5. The Labute approximate surface area is 69.8 Å². The number of hydrogen-bond acceptors (Lipinski definition) is 0. The molecule has 58 valence electrons. The van der Waals surface area contributed by atoms with Gasteiger partial charge in [0.05, 0.1) is 0 Å². The third-order valence-electron chi connectivity index (χ3n) is 1.46. The monoisotopic (exact) mass is 194 g/mol. The first-order chi connectivity index (χ1) is 3.91. The second-order valence-corrected chi connectivity index (χ2v) is 2.41. The maximum atomic E-state index is 2.26. The van der Waals surface area contributed by atoms with Crippen molar-refractivity contribution >= 4 is 17.0 Å². The predicted molar refractivity (Wildman–Crippen MR) is 49.4 cm³/mol. The van der Waals surface area contributed by atoms with Gasteiger partial charge in [0.25, 0.3) is 0 Å². The average Bonchev–Trinajstić information content (AvgIpc) is 1.81. The maximum Gasteiger partial charge on any atom is -0.0533 e. The largest absolute Gasteiger partial charge is 0.114 e. The number of halogens is 1. The van der Waals surface area contributed by atoms with Gasteiger partial charge in [-0.2, -0.15) is 0 Å². The highest BCUT2D eigenvalue weighted by molar-refractivity contribution is 8.93. The van der Waals surface area contributed by atoms with Gasteiger partial charge in [0.15, 0.2) is 0 Å². The molecule has 0 unspecified atom stereocenters. The van der Waals surface area contributed by atoms with Crippen LogP contribution in [0.4, 0.5) is 0 Å². The molecule has 0 amide bonds. The summed E-state index contributed by atoms with van der Waals surface area (Å²) in [5, 5.41) is 0. The van der Waals surface area contributed by atoms with Gasteiger partial charge in [-0.15, -0.1) is 17.0 Å². The summed E-state index contributed by atoms with van der Waals surface area (Å²) in [6, 6.07) is 0. The quantitative estimate of drug-likeness (QED) is 0.582. The molecule has 0 rings (SSSR count). The topological polar surface area (TPSA) is 0 Å². The van der Waals surface area contributed by atoms with E-state index in [0.29, 0.717) is 0 Å². The first-order valence-corrected chi connectivity index (χ1v) is 3.91. The molecule has 0 saturated carbocycles. The minimum Gasteiger partial charge on any atom is -0.114 e. The van der Waals surface area contributed by atoms with E-state index in [1.54, 1.807) is 0 Å². The first-order valence-electron chi connectivity index (χ1n) is 3.91. The smallest absolute Gasteiger partial charge is 0.0533 e. The van der Waals surface area contributed by atoms with Crippen molar-refractivity contribution in [3.8, 4) is 0 Å². The van der Waals surface area contributed by atoms with E-state index in [1.807, 2.05) is 0 Å². The average molecular weight is 195 g/mol. The summed E-state index contributed by atoms with van der Waals surface area (Å²) in [6.07, 6.45) is 8.49. The van der Waals surface area contributed by atoms with Crippen LogP contribution in [0.1, 0.15) is 52.4 Å². The summed E-state index contributed by atoms with van der Waals surface area (Å²) in [4.78, 5) is 0. The first kappa shape index (κ1) is 12.2. The van der Waals surface area contributed by atoms with E-state index in [-0.39, 0.29) is 17.0 Å². The van der Waals surface area contributed by atoms with Crippen LogP contribution < -0.4 is 0 Å². The standard InChI is InChI=1S/C8H18.BrH/c1-3-5-7-8-6-4-2;/h3-8H2,1-2H3;1H. The SMILES string of the molecule is Br.CCCCCCCC. The van der Waals surface area contributed by atoms with Crippen molar-refractivity contribution in [2.24, 2.45) is 0 Å². The van der Waals surface area contributed by atoms with Crippen LogP contribution in [-0.4, -0.2) is 0 Å². The van der Waals surface area contributed by atoms with Crippen molar-refractivity contribution in [3.63, 3.8) is 0 Å². The highest BCUT2D eigenvalue weighted by Gasteiger charge is 1.83. The van der Waals surface area contributed by atoms with Gasteiger partial charge in [-0.1, -0.05) is 52.4 Å². The van der Waals surface area contributed by atoms with Crippen LogP contribution in [0, 0.1) is 0 Å². The van der Waals surface area contributed by atoms with Crippen LogP contribution in [0.15, 0.2) is 0 Å². The molecular formula is C8H19Br. The van der Waals surface area contributed by atoms with Gasteiger partial charge in [-0.05, 0) is 0 Å². The van der Waals surface area contributed by atoms with Gasteiger partial charge in [0.1, 0.15) is 0 Å². The molecule has 0 bridgehead atoms. The molecule has 0 heterocycles. The molecule has 0 aromatic heterocycles. The van der Waals surface area contributed by atoms with Gasteiger partial charge in [-0.3, -0.25) is 0 Å². The Hall–Kier alpha value is 0.480. The van der Waals surface area contributed by atoms with Crippen molar-refractivity contribution in [1.82, 2.24) is 0 Å². The van der Waals surface area contributed by atoms with E-state index >= 15 is 0 Å². The van der Waals surface area contributed by atoms with Crippen LogP contribution in [0.2, 0.25) is 0 Å². The van der Waals surface area contributed by atoms with Crippen molar-refractivity contribution in [2.75, 3.05) is 0 Å². The molecule has 0 aromatic carbocycles. The molecule has 1 heteroatoms. The van der Waals surface area contributed by atoms with E-state index in [2.05, 4.69) is 13.8 Å². The lowest BCUT2D eigenvalue weighted by Crippen LogP contribution is -1.73. The van der Waals surface area contributed by atoms with E-state index in [4.69, 9.17) is 0 Å². The molecule has 0 spiro atoms. The summed E-state index contributed by atoms with van der Waals surface area (Å²) in [5.74, 6) is 0. The van der Waals surface area contributed by atoms with Crippen molar-refractivity contribution in [1.29, 1.82) is 0 Å². The molecule has 0 radical (unpaired) electrons. The van der Waals surface area contributed by atoms with Crippen LogP contribution in [0.25, 0.3) is 0 Å². The normalized spacial score (nSPS) is 8.67. The third kappa shape index (κ3) is 11.9. The van der Waals surface area contributed by atoms with E-state index < -0.39 is 0 Å². The lowest BCUT2D eigenvalue weighted by Gasteiger charge is -1.93. The van der Waals surface area contributed by atoms with Gasteiger partial charge in [0, 0.05) is 0 Å². The molecule has 0 aliphatic heterocycles. The third-order valence-corrected chi connectivity index (χ3v) is 1.46. The summed E-state index contributed by atoms with van der Waals surface area (Å²) >= 11 is 0. The van der Waals surface area contributed by atoms with Crippen LogP contribution in [0.5, 0.6) is 0 Å². The summed E-state index contributed by atoms with van der Waals surface area (Å²) in [6.45, 7) is 4.51. The second kappa shape index (κ2) is 11.3. The number of hydrogen-bond donors (Lipinski definition) is 0. The highest BCUT2D eigenvalue weighted by Crippen LogP contribution is 2.03. The summed E-state index contributed by atoms with van der Waals surface area (Å²) in [5.41, 5.74) is 0. The van der Waals surface area contributed by atoms with Gasteiger partial charge < -0.3 is 0 Å². The van der Waals surface area contributed by atoms with Crippen molar-refractivity contribution < 1.29 is 0 Å². The zero-order chi connectivity index (χ0) is 6.24. The molecule has 9 heavy (non-hydrogen) atoms. The fourth-order valence-electron chi connectivity index (χ4n) is 0.854. The van der Waals surface area contributed by atoms with Crippen molar-refractivity contribution in [3.05, 3.63) is 0 Å². The lowest BCUT2D eigenvalue weighted by molar-refractivity contribution is 0.624. The van der Waals surface area contributed by atoms with Crippen LogP contribution in [-0.2, 0) is 0 Å². The predicted octanol–water partition coefficient (Wildman–Crippen LogP) is 3.94. The molecule has 0 fully saturated rings. The van der Waals surface area contributed by atoms with E-state index in [1.165, 1.54) is 38.5 Å². The number of unbranched alkanes of at least 4 members (excludes halogenated alkanes) is 5. The van der Waals surface area contributed by atoms with Crippen LogP contribution in [0.3, 0.4) is 0 Å². The molecule has 0 atom stereocenters. The summed E-state index contributed by atoms with van der Waals surface area (Å²) < 4.78 is 0. The molecule has 0 aromatic rings. The zero-order valence-corrected chi connectivity index (χ0v) is 8.36. The fraction of sp³-hybridized carbons (Fsp3) is 1.00. The van der Waals surface area contributed by atoms with Crippen molar-refractivity contribution in [2.45, 2.75) is 52.4 Å². The van der Waals surface area contributed by atoms with E-state index in [0.717, 1.165) is 0 Å². The molecule has 0 aliphatic carbocycles. The lowest BCUT2D eigenvalue weighted by atomic mass is 10.1. The van der Waals surface area contributed by atoms with Gasteiger partial charge in [-0.25, -0.2) is 0 Å². The maximum absolute atomic E-state index is 2.26. The van der Waals surface area contributed by atoms with Gasteiger partial charge in [0.2, 0.25) is 0 Å². The molecule has 0 nitrogen and oxygen atoms in total. The molecular weight excluding hydrogens is 176 g/mol. The Kier molecular flexibility index (Phi) is 15.3. The fourth-order valence-corrected chi connectivity index (χ4v) is 0.854. The molecule has 0 N–H and O–H groups in total. The Morgan fingerprint density at radius 3 is 1.22 bits per heavy atom. The Morgan fingerprint density at radius 1 is 0.667 bits per heavy atom. The van der Waals surface area contributed by atoms with Crippen LogP contribution >= 0.6 is 17.0 Å². The minimum absolute atomic E-state index is 0. The zero-order valence-electron chi connectivity index (χ0n) is 6.65. The Balaban J connectivity index is 0. The van der Waals surface area contributed by atoms with Gasteiger partial charge >= 0.3 is 0 Å².